The highest BCUT2D eigenvalue weighted by atomic mass is 32.1. The average Bonchev–Trinajstić information content (AvgIpc) is 2.83. The lowest BCUT2D eigenvalue weighted by molar-refractivity contribution is 0.201. The van der Waals surface area contributed by atoms with Crippen molar-refractivity contribution >= 4 is 16.7 Å². The molecule has 0 aromatic carbocycles. The first kappa shape index (κ1) is 11.8. The zero-order chi connectivity index (χ0) is 11.5. The van der Waals surface area contributed by atoms with E-state index in [2.05, 4.69) is 28.1 Å². The normalized spacial score (nSPS) is 25.3. The van der Waals surface area contributed by atoms with Crippen molar-refractivity contribution in [2.75, 3.05) is 18.6 Å². The highest BCUT2D eigenvalue weighted by molar-refractivity contribution is 7.09. The van der Waals surface area contributed by atoms with Crippen LogP contribution in [-0.4, -0.2) is 35.2 Å². The lowest BCUT2D eigenvalue weighted by atomic mass is 10.2. The fraction of sp³-hybridized carbons (Fsp3) is 0.818. The number of nitrogens with zero attached hydrogens (tertiary/aromatic N) is 3. The Morgan fingerprint density at radius 3 is 2.69 bits per heavy atom. The van der Waals surface area contributed by atoms with Gasteiger partial charge in [0.1, 0.15) is 5.82 Å². The molecule has 0 N–H and O–H groups in total. The molecule has 0 amide bonds. The highest BCUT2D eigenvalue weighted by Crippen LogP contribution is 2.31. The van der Waals surface area contributed by atoms with Crippen LogP contribution in [0.1, 0.15) is 32.5 Å². The standard InChI is InChI=1S/C11H19N3OS/c1-8-4-5-9(2)14(8)11-12-10(13-16-11)6-7-15-3/h8-9H,4-7H2,1-3H3/t8-,9+. The van der Waals surface area contributed by atoms with E-state index in [9.17, 15) is 0 Å². The van der Waals surface area contributed by atoms with Gasteiger partial charge in [-0.05, 0) is 26.7 Å². The number of aromatic nitrogens is 2. The van der Waals surface area contributed by atoms with Gasteiger partial charge in [-0.3, -0.25) is 0 Å². The number of hydrogen-bond acceptors (Lipinski definition) is 5. The third kappa shape index (κ3) is 2.35. The van der Waals surface area contributed by atoms with Crippen molar-refractivity contribution in [3.63, 3.8) is 0 Å². The van der Waals surface area contributed by atoms with Gasteiger partial charge in [0.15, 0.2) is 0 Å². The molecule has 0 saturated carbocycles. The summed E-state index contributed by atoms with van der Waals surface area (Å²) in [6.45, 7) is 5.22. The molecule has 0 radical (unpaired) electrons. The van der Waals surface area contributed by atoms with Crippen LogP contribution in [0.25, 0.3) is 0 Å². The average molecular weight is 241 g/mol. The van der Waals surface area contributed by atoms with Crippen LogP contribution >= 0.6 is 11.5 Å². The van der Waals surface area contributed by atoms with E-state index in [0.717, 1.165) is 17.4 Å². The van der Waals surface area contributed by atoms with Gasteiger partial charge in [0.2, 0.25) is 5.13 Å². The lowest BCUT2D eigenvalue weighted by Crippen LogP contribution is -2.32. The van der Waals surface area contributed by atoms with Crippen LogP contribution in [0.4, 0.5) is 5.13 Å². The van der Waals surface area contributed by atoms with Crippen LogP contribution in [0.5, 0.6) is 0 Å². The van der Waals surface area contributed by atoms with Crippen molar-refractivity contribution in [3.8, 4) is 0 Å². The smallest absolute Gasteiger partial charge is 0.205 e. The molecule has 2 heterocycles. The van der Waals surface area contributed by atoms with Crippen LogP contribution in [0.2, 0.25) is 0 Å². The van der Waals surface area contributed by atoms with Crippen LogP contribution in [0, 0.1) is 0 Å². The van der Waals surface area contributed by atoms with E-state index >= 15 is 0 Å². The van der Waals surface area contributed by atoms with Gasteiger partial charge in [-0.1, -0.05) is 0 Å². The van der Waals surface area contributed by atoms with Gasteiger partial charge >= 0.3 is 0 Å². The zero-order valence-electron chi connectivity index (χ0n) is 10.1. The topological polar surface area (TPSA) is 38.2 Å². The fourth-order valence-corrected chi connectivity index (χ4v) is 3.14. The summed E-state index contributed by atoms with van der Waals surface area (Å²) in [5, 5.41) is 1.07. The second-order valence-electron chi connectivity index (χ2n) is 4.42. The monoisotopic (exact) mass is 241 g/mol. The number of hydrogen-bond donors (Lipinski definition) is 0. The molecule has 1 fully saturated rings. The van der Waals surface area contributed by atoms with E-state index in [-0.39, 0.29) is 0 Å². The number of ether oxygens (including phenoxy) is 1. The van der Waals surface area contributed by atoms with Crippen molar-refractivity contribution in [3.05, 3.63) is 5.82 Å². The Bertz CT molecular complexity index is 332. The Morgan fingerprint density at radius 1 is 1.38 bits per heavy atom. The van der Waals surface area contributed by atoms with E-state index in [1.54, 1.807) is 7.11 Å². The van der Waals surface area contributed by atoms with Crippen LogP contribution in [-0.2, 0) is 11.2 Å². The maximum Gasteiger partial charge on any atom is 0.205 e. The molecule has 0 bridgehead atoms. The lowest BCUT2D eigenvalue weighted by Gasteiger charge is -2.24. The first-order chi connectivity index (χ1) is 7.72. The van der Waals surface area contributed by atoms with Crippen molar-refractivity contribution in [2.24, 2.45) is 0 Å². The summed E-state index contributed by atoms with van der Waals surface area (Å²) in [5.41, 5.74) is 0. The Hall–Kier alpha value is -0.680. The zero-order valence-corrected chi connectivity index (χ0v) is 11.0. The second-order valence-corrected chi connectivity index (χ2v) is 5.15. The Morgan fingerprint density at radius 2 is 2.06 bits per heavy atom. The molecule has 1 aliphatic heterocycles. The number of methoxy groups -OCH3 is 1. The van der Waals surface area contributed by atoms with Gasteiger partial charge in [0, 0.05) is 37.1 Å². The van der Waals surface area contributed by atoms with Crippen LogP contribution < -0.4 is 4.90 Å². The molecule has 1 aliphatic rings. The van der Waals surface area contributed by atoms with Gasteiger partial charge in [-0.25, -0.2) is 4.98 Å². The summed E-state index contributed by atoms with van der Waals surface area (Å²) < 4.78 is 9.41. The summed E-state index contributed by atoms with van der Waals surface area (Å²) in [5.74, 6) is 0.910. The quantitative estimate of drug-likeness (QED) is 0.809. The summed E-state index contributed by atoms with van der Waals surface area (Å²) >= 11 is 1.51. The minimum Gasteiger partial charge on any atom is -0.384 e. The molecule has 4 nitrogen and oxygen atoms in total. The van der Waals surface area contributed by atoms with Gasteiger partial charge < -0.3 is 9.64 Å². The predicted molar refractivity (Wildman–Crippen MR) is 66.1 cm³/mol. The maximum absolute atomic E-state index is 5.03. The third-order valence-corrected chi connectivity index (χ3v) is 3.93. The Balaban J connectivity index is 2.06. The molecule has 5 heteroatoms. The highest BCUT2D eigenvalue weighted by Gasteiger charge is 2.29. The van der Waals surface area contributed by atoms with Crippen molar-refractivity contribution in [2.45, 2.75) is 45.2 Å². The molecule has 1 aromatic heterocycles. The summed E-state index contributed by atoms with van der Waals surface area (Å²) in [4.78, 5) is 6.98. The van der Waals surface area contributed by atoms with Gasteiger partial charge in [-0.15, -0.1) is 0 Å². The number of rotatable bonds is 4. The molecule has 2 rings (SSSR count). The first-order valence-corrected chi connectivity index (χ1v) is 6.59. The van der Waals surface area contributed by atoms with Crippen molar-refractivity contribution < 1.29 is 4.74 Å². The summed E-state index contributed by atoms with van der Waals surface area (Å²) in [6.07, 6.45) is 3.33. The van der Waals surface area contributed by atoms with Gasteiger partial charge in [0.25, 0.3) is 0 Å². The molecular formula is C11H19N3OS. The van der Waals surface area contributed by atoms with Crippen molar-refractivity contribution in [1.29, 1.82) is 0 Å². The van der Waals surface area contributed by atoms with Crippen LogP contribution in [0.15, 0.2) is 0 Å². The molecule has 0 unspecified atom stereocenters. The molecule has 2 atom stereocenters. The molecule has 0 aliphatic carbocycles. The Labute approximate surface area is 101 Å². The van der Waals surface area contributed by atoms with Crippen LogP contribution in [0.3, 0.4) is 0 Å². The first-order valence-electron chi connectivity index (χ1n) is 5.82. The minimum atomic E-state index is 0.596. The van der Waals surface area contributed by atoms with E-state index in [4.69, 9.17) is 4.74 Å². The van der Waals surface area contributed by atoms with E-state index in [1.807, 2.05) is 0 Å². The molecular weight excluding hydrogens is 222 g/mol. The predicted octanol–water partition coefficient (Wildman–Crippen LogP) is 2.10. The van der Waals surface area contributed by atoms with Gasteiger partial charge in [-0.2, -0.15) is 4.37 Å². The summed E-state index contributed by atoms with van der Waals surface area (Å²) in [6, 6.07) is 1.19. The molecule has 1 saturated heterocycles. The van der Waals surface area contributed by atoms with E-state index in [1.165, 1.54) is 24.4 Å². The minimum absolute atomic E-state index is 0.596. The molecule has 90 valence electrons. The Kier molecular flexibility index (Phi) is 3.76. The molecule has 1 aromatic rings. The summed E-state index contributed by atoms with van der Waals surface area (Å²) in [7, 11) is 1.71. The maximum atomic E-state index is 5.03. The fourth-order valence-electron chi connectivity index (χ4n) is 2.22. The van der Waals surface area contributed by atoms with Gasteiger partial charge in [0.05, 0.1) is 6.61 Å². The van der Waals surface area contributed by atoms with Crippen molar-refractivity contribution in [1.82, 2.24) is 9.36 Å². The molecule has 0 spiro atoms. The van der Waals surface area contributed by atoms with E-state index in [0.29, 0.717) is 18.7 Å². The van der Waals surface area contributed by atoms with E-state index < -0.39 is 0 Å². The largest absolute Gasteiger partial charge is 0.384 e. The third-order valence-electron chi connectivity index (χ3n) is 3.16. The number of anilines is 1. The second kappa shape index (κ2) is 5.10. The SMILES string of the molecule is COCCc1nsc(N2[C@H](C)CC[C@@H]2C)n1. The molecule has 16 heavy (non-hydrogen) atoms.